The van der Waals surface area contributed by atoms with Gasteiger partial charge < -0.3 is 4.90 Å². The molecule has 1 nitrogen and oxygen atoms in total. The van der Waals surface area contributed by atoms with Crippen LogP contribution in [0.3, 0.4) is 0 Å². The Labute approximate surface area is 119 Å². The first-order chi connectivity index (χ1) is 8.20. The Bertz CT molecular complexity index is 484. The van der Waals surface area contributed by atoms with E-state index in [0.717, 1.165) is 16.6 Å². The van der Waals surface area contributed by atoms with Gasteiger partial charge >= 0.3 is 0 Å². The van der Waals surface area contributed by atoms with Crippen molar-refractivity contribution in [3.05, 3.63) is 50.6 Å². The van der Waals surface area contributed by atoms with Gasteiger partial charge in [-0.05, 0) is 56.0 Å². The Kier molecular flexibility index (Phi) is 4.48. The number of thiophene rings is 1. The number of hydrogen-bond acceptors (Lipinski definition) is 2. The molecule has 0 saturated carbocycles. The Morgan fingerprint density at radius 2 is 2.12 bits per heavy atom. The zero-order valence-electron chi connectivity index (χ0n) is 9.49. The summed E-state index contributed by atoms with van der Waals surface area (Å²) in [4.78, 5) is 2.23. The Morgan fingerprint density at radius 1 is 1.29 bits per heavy atom. The van der Waals surface area contributed by atoms with E-state index in [-0.39, 0.29) is 0 Å². The largest absolute Gasteiger partial charge is 0.369 e. The lowest BCUT2D eigenvalue weighted by molar-refractivity contribution is 0.924. The maximum atomic E-state index is 5.81. The minimum Gasteiger partial charge on any atom is -0.369 e. The van der Waals surface area contributed by atoms with Crippen molar-refractivity contribution in [2.45, 2.75) is 12.4 Å². The molecule has 0 aliphatic carbocycles. The molecule has 2 rings (SSSR count). The van der Waals surface area contributed by atoms with Gasteiger partial charge in [0.05, 0.1) is 5.69 Å². The zero-order chi connectivity index (χ0) is 12.3. The predicted octanol–water partition coefficient (Wildman–Crippen LogP) is 4.89. The summed E-state index contributed by atoms with van der Waals surface area (Å²) in [6.45, 7) is 0.919. The van der Waals surface area contributed by atoms with Crippen molar-refractivity contribution >= 4 is 44.6 Å². The van der Waals surface area contributed by atoms with Crippen molar-refractivity contribution in [3.8, 4) is 0 Å². The summed E-state index contributed by atoms with van der Waals surface area (Å²) >= 11 is 11.1. The number of benzene rings is 1. The fourth-order valence-corrected chi connectivity index (χ4v) is 3.24. The van der Waals surface area contributed by atoms with E-state index < -0.39 is 0 Å². The standard InChI is InChI=1S/C13H13BrClNS/c1-16(8-11-4-5-17-9-11)13-3-2-10(7-15)6-12(13)14/h2-6,9H,7-8H2,1H3. The van der Waals surface area contributed by atoms with Crippen molar-refractivity contribution in [1.29, 1.82) is 0 Å². The third-order valence-electron chi connectivity index (χ3n) is 2.58. The molecule has 0 fully saturated rings. The SMILES string of the molecule is CN(Cc1ccsc1)c1ccc(CCl)cc1Br. The van der Waals surface area contributed by atoms with E-state index in [1.54, 1.807) is 11.3 Å². The highest BCUT2D eigenvalue weighted by Crippen LogP contribution is 2.28. The van der Waals surface area contributed by atoms with Crippen LogP contribution in [0.2, 0.25) is 0 Å². The Balaban J connectivity index is 2.16. The lowest BCUT2D eigenvalue weighted by Gasteiger charge is -2.20. The van der Waals surface area contributed by atoms with Gasteiger partial charge in [-0.1, -0.05) is 6.07 Å². The highest BCUT2D eigenvalue weighted by atomic mass is 79.9. The molecule has 0 saturated heterocycles. The lowest BCUT2D eigenvalue weighted by Crippen LogP contribution is -2.16. The van der Waals surface area contributed by atoms with Gasteiger partial charge in [-0.25, -0.2) is 0 Å². The summed E-state index contributed by atoms with van der Waals surface area (Å²) in [5.74, 6) is 0.549. The van der Waals surface area contributed by atoms with Gasteiger partial charge in [0.25, 0.3) is 0 Å². The molecule has 0 bridgehead atoms. The number of anilines is 1. The van der Waals surface area contributed by atoms with Gasteiger partial charge in [-0.15, -0.1) is 11.6 Å². The van der Waals surface area contributed by atoms with Crippen LogP contribution in [0.25, 0.3) is 0 Å². The Morgan fingerprint density at radius 3 is 2.71 bits per heavy atom. The average Bonchev–Trinajstić information content (AvgIpc) is 2.81. The number of alkyl halides is 1. The highest BCUT2D eigenvalue weighted by molar-refractivity contribution is 9.10. The fraction of sp³-hybridized carbons (Fsp3) is 0.231. The van der Waals surface area contributed by atoms with Crippen LogP contribution in [0.15, 0.2) is 39.5 Å². The molecule has 0 aliphatic heterocycles. The minimum absolute atomic E-state index is 0.549. The normalized spacial score (nSPS) is 10.5. The maximum absolute atomic E-state index is 5.81. The predicted molar refractivity (Wildman–Crippen MR) is 80.1 cm³/mol. The third kappa shape index (κ3) is 3.24. The first-order valence-electron chi connectivity index (χ1n) is 5.27. The van der Waals surface area contributed by atoms with E-state index in [9.17, 15) is 0 Å². The number of halogens is 2. The summed E-state index contributed by atoms with van der Waals surface area (Å²) < 4.78 is 1.09. The molecular formula is C13H13BrClNS. The van der Waals surface area contributed by atoms with E-state index in [1.165, 1.54) is 11.3 Å². The smallest absolute Gasteiger partial charge is 0.0511 e. The van der Waals surface area contributed by atoms with Crippen LogP contribution in [0.4, 0.5) is 5.69 Å². The van der Waals surface area contributed by atoms with Gasteiger partial charge in [-0.2, -0.15) is 11.3 Å². The lowest BCUT2D eigenvalue weighted by atomic mass is 10.2. The van der Waals surface area contributed by atoms with Crippen molar-refractivity contribution in [1.82, 2.24) is 0 Å². The van der Waals surface area contributed by atoms with E-state index in [2.05, 4.69) is 62.9 Å². The number of hydrogen-bond donors (Lipinski definition) is 0. The number of nitrogens with zero attached hydrogens (tertiary/aromatic N) is 1. The Hall–Kier alpha value is -0.510. The molecule has 0 N–H and O–H groups in total. The second kappa shape index (κ2) is 5.89. The molecule has 1 heterocycles. The van der Waals surface area contributed by atoms with Crippen LogP contribution < -0.4 is 4.90 Å². The molecular weight excluding hydrogens is 318 g/mol. The zero-order valence-corrected chi connectivity index (χ0v) is 12.6. The maximum Gasteiger partial charge on any atom is 0.0511 e. The molecule has 1 aromatic carbocycles. The molecule has 0 aliphatic rings. The van der Waals surface area contributed by atoms with E-state index in [0.29, 0.717) is 5.88 Å². The van der Waals surface area contributed by atoms with Gasteiger partial charge in [0.1, 0.15) is 0 Å². The number of rotatable bonds is 4. The van der Waals surface area contributed by atoms with Gasteiger partial charge in [-0.3, -0.25) is 0 Å². The quantitative estimate of drug-likeness (QED) is 0.722. The fourth-order valence-electron chi connectivity index (χ4n) is 1.68. The molecule has 0 radical (unpaired) electrons. The molecule has 0 amide bonds. The molecule has 2 aromatic rings. The second-order valence-electron chi connectivity index (χ2n) is 3.91. The van der Waals surface area contributed by atoms with Crippen molar-refractivity contribution in [3.63, 3.8) is 0 Å². The molecule has 4 heteroatoms. The average molecular weight is 331 g/mol. The van der Waals surface area contributed by atoms with Crippen molar-refractivity contribution < 1.29 is 0 Å². The van der Waals surface area contributed by atoms with E-state index in [4.69, 9.17) is 11.6 Å². The van der Waals surface area contributed by atoms with Crippen LogP contribution >= 0.6 is 38.9 Å². The van der Waals surface area contributed by atoms with Crippen LogP contribution in [-0.4, -0.2) is 7.05 Å². The van der Waals surface area contributed by atoms with Gasteiger partial charge in [0.2, 0.25) is 0 Å². The van der Waals surface area contributed by atoms with Gasteiger partial charge in [0, 0.05) is 23.9 Å². The molecule has 0 atom stereocenters. The first-order valence-corrected chi connectivity index (χ1v) is 7.54. The molecule has 0 unspecified atom stereocenters. The summed E-state index contributed by atoms with van der Waals surface area (Å²) in [6, 6.07) is 8.40. The second-order valence-corrected chi connectivity index (χ2v) is 5.81. The van der Waals surface area contributed by atoms with Gasteiger partial charge in [0.15, 0.2) is 0 Å². The molecule has 17 heavy (non-hydrogen) atoms. The minimum atomic E-state index is 0.549. The highest BCUT2D eigenvalue weighted by Gasteiger charge is 2.07. The molecule has 1 aromatic heterocycles. The summed E-state index contributed by atoms with van der Waals surface area (Å²) in [7, 11) is 2.10. The van der Waals surface area contributed by atoms with E-state index >= 15 is 0 Å². The summed E-state index contributed by atoms with van der Waals surface area (Å²) in [5.41, 5.74) is 3.65. The topological polar surface area (TPSA) is 3.24 Å². The van der Waals surface area contributed by atoms with Crippen LogP contribution in [0.5, 0.6) is 0 Å². The summed E-state index contributed by atoms with van der Waals surface area (Å²) in [5, 5.41) is 4.28. The van der Waals surface area contributed by atoms with Crippen molar-refractivity contribution in [2.75, 3.05) is 11.9 Å². The monoisotopic (exact) mass is 329 g/mol. The summed E-state index contributed by atoms with van der Waals surface area (Å²) in [6.07, 6.45) is 0. The van der Waals surface area contributed by atoms with E-state index in [1.807, 2.05) is 0 Å². The van der Waals surface area contributed by atoms with Crippen molar-refractivity contribution in [2.24, 2.45) is 0 Å². The third-order valence-corrected chi connectivity index (χ3v) is 4.25. The molecule has 90 valence electrons. The van der Waals surface area contributed by atoms with Crippen LogP contribution in [-0.2, 0) is 12.4 Å². The van der Waals surface area contributed by atoms with Crippen LogP contribution in [0.1, 0.15) is 11.1 Å². The molecule has 0 spiro atoms. The van der Waals surface area contributed by atoms with Crippen LogP contribution in [0, 0.1) is 0 Å². The first kappa shape index (κ1) is 12.9.